The van der Waals surface area contributed by atoms with Crippen molar-refractivity contribution in [2.24, 2.45) is 0 Å². The lowest BCUT2D eigenvalue weighted by atomic mass is 10.1. The third-order valence-electron chi connectivity index (χ3n) is 3.81. The van der Waals surface area contributed by atoms with Gasteiger partial charge in [-0.05, 0) is 18.9 Å². The Morgan fingerprint density at radius 3 is 2.88 bits per heavy atom. The van der Waals surface area contributed by atoms with Crippen molar-refractivity contribution < 1.29 is 9.90 Å². The molecule has 0 saturated carbocycles. The van der Waals surface area contributed by atoms with Crippen molar-refractivity contribution in [1.29, 1.82) is 0 Å². The van der Waals surface area contributed by atoms with Crippen LogP contribution < -0.4 is 5.32 Å². The molecule has 0 amide bonds. The zero-order valence-electron chi connectivity index (χ0n) is 13.3. The van der Waals surface area contributed by atoms with Crippen LogP contribution in [0.3, 0.4) is 0 Å². The Morgan fingerprint density at radius 1 is 1.38 bits per heavy atom. The first-order valence-electron chi connectivity index (χ1n) is 7.80. The van der Waals surface area contributed by atoms with E-state index in [-0.39, 0.29) is 11.0 Å². The van der Waals surface area contributed by atoms with E-state index in [1.165, 1.54) is 6.33 Å². The van der Waals surface area contributed by atoms with E-state index in [2.05, 4.69) is 15.3 Å². The molecule has 6 heteroatoms. The van der Waals surface area contributed by atoms with Gasteiger partial charge in [-0.15, -0.1) is 11.8 Å². The number of anilines is 1. The zero-order chi connectivity index (χ0) is 16.9. The second-order valence-electron chi connectivity index (χ2n) is 5.60. The lowest BCUT2D eigenvalue weighted by Gasteiger charge is -2.14. The summed E-state index contributed by atoms with van der Waals surface area (Å²) >= 11 is 1.55. The molecule has 1 aliphatic rings. The molecular formula is C18H19N3O2S. The fourth-order valence-electron chi connectivity index (χ4n) is 2.51. The molecule has 2 atom stereocenters. The third-order valence-corrected chi connectivity index (χ3v) is 5.24. The minimum absolute atomic E-state index is 0.0980. The van der Waals surface area contributed by atoms with E-state index in [0.717, 1.165) is 22.6 Å². The number of carbonyl (C=O) groups excluding carboxylic acids is 1. The summed E-state index contributed by atoms with van der Waals surface area (Å²) in [5.74, 6) is 0.771. The molecule has 124 valence electrons. The summed E-state index contributed by atoms with van der Waals surface area (Å²) in [7, 11) is 0. The average Bonchev–Trinajstić information content (AvgIpc) is 3.11. The highest BCUT2D eigenvalue weighted by atomic mass is 32.2. The second kappa shape index (κ2) is 7.59. The molecular weight excluding hydrogens is 322 g/mol. The van der Waals surface area contributed by atoms with Gasteiger partial charge in [0.1, 0.15) is 12.1 Å². The molecule has 3 rings (SSSR count). The Kier molecular flexibility index (Phi) is 5.27. The van der Waals surface area contributed by atoms with Gasteiger partial charge in [-0.2, -0.15) is 0 Å². The van der Waals surface area contributed by atoms with Gasteiger partial charge in [-0.1, -0.05) is 36.4 Å². The molecule has 1 aliphatic heterocycles. The summed E-state index contributed by atoms with van der Waals surface area (Å²) in [6, 6.07) is 11.4. The van der Waals surface area contributed by atoms with Crippen LogP contribution in [-0.2, 0) is 4.79 Å². The lowest BCUT2D eigenvalue weighted by molar-refractivity contribution is -0.112. The van der Waals surface area contributed by atoms with Crippen LogP contribution in [0, 0.1) is 0 Å². The van der Waals surface area contributed by atoms with E-state index in [1.54, 1.807) is 18.7 Å². The summed E-state index contributed by atoms with van der Waals surface area (Å²) in [5.41, 5.74) is 1.75. The highest BCUT2D eigenvalue weighted by Gasteiger charge is 2.23. The topological polar surface area (TPSA) is 75.1 Å². The molecule has 5 nitrogen and oxygen atoms in total. The number of aliphatic hydroxyl groups excluding tert-OH is 1. The molecule has 24 heavy (non-hydrogen) atoms. The van der Waals surface area contributed by atoms with Crippen LogP contribution in [0.4, 0.5) is 5.82 Å². The van der Waals surface area contributed by atoms with Crippen LogP contribution in [-0.4, -0.2) is 27.4 Å². The number of rotatable bonds is 6. The van der Waals surface area contributed by atoms with E-state index < -0.39 is 6.10 Å². The first kappa shape index (κ1) is 16.7. The molecule has 0 aliphatic carbocycles. The Bertz CT molecular complexity index is 749. The van der Waals surface area contributed by atoms with Gasteiger partial charge in [0.2, 0.25) is 0 Å². The van der Waals surface area contributed by atoms with Crippen LogP contribution >= 0.6 is 11.8 Å². The molecule has 1 aromatic heterocycles. The van der Waals surface area contributed by atoms with Gasteiger partial charge in [0.05, 0.1) is 17.0 Å². The molecule has 0 bridgehead atoms. The first-order chi connectivity index (χ1) is 11.6. The fraction of sp³-hybridized carbons (Fsp3) is 0.278. The Hall–Kier alpha value is -2.18. The Morgan fingerprint density at radius 2 is 2.17 bits per heavy atom. The lowest BCUT2D eigenvalue weighted by Crippen LogP contribution is -2.13. The first-order valence-corrected chi connectivity index (χ1v) is 8.68. The standard InChI is InChI=1S/C18H19N3O2S/c1-12(22)16-7-8-17(24-16)14-9-18(21-11-20-14)19-10-15(23)13-5-3-2-4-6-13/h2-7,9,11,15,17,23H,8,10H2,1H3,(H,19,20,21). The molecule has 1 aromatic carbocycles. The molecule has 2 aromatic rings. The van der Waals surface area contributed by atoms with Crippen LogP contribution in [0.1, 0.15) is 36.0 Å². The number of thioether (sulfide) groups is 1. The second-order valence-corrected chi connectivity index (χ2v) is 6.85. The monoisotopic (exact) mass is 341 g/mol. The average molecular weight is 341 g/mol. The number of Topliss-reactive ketones (excluding diaryl/α,β-unsaturated/α-hetero) is 1. The van der Waals surface area contributed by atoms with Gasteiger partial charge >= 0.3 is 0 Å². The molecule has 0 radical (unpaired) electrons. The Balaban J connectivity index is 1.61. The summed E-state index contributed by atoms with van der Waals surface area (Å²) in [4.78, 5) is 20.8. The van der Waals surface area contributed by atoms with E-state index in [4.69, 9.17) is 0 Å². The van der Waals surface area contributed by atoms with E-state index in [9.17, 15) is 9.90 Å². The Labute approximate surface area is 145 Å². The van der Waals surface area contributed by atoms with Crippen molar-refractivity contribution in [1.82, 2.24) is 9.97 Å². The molecule has 2 heterocycles. The number of hydrogen-bond donors (Lipinski definition) is 2. The fourth-order valence-corrected chi connectivity index (χ4v) is 3.62. The van der Waals surface area contributed by atoms with Crippen molar-refractivity contribution in [2.45, 2.75) is 24.7 Å². The summed E-state index contributed by atoms with van der Waals surface area (Å²) < 4.78 is 0. The summed E-state index contributed by atoms with van der Waals surface area (Å²) in [6.45, 7) is 1.95. The predicted molar refractivity (Wildman–Crippen MR) is 95.6 cm³/mol. The number of allylic oxidation sites excluding steroid dienone is 2. The number of hydrogen-bond acceptors (Lipinski definition) is 6. The highest BCUT2D eigenvalue weighted by molar-refractivity contribution is 8.04. The van der Waals surface area contributed by atoms with Crippen molar-refractivity contribution >= 4 is 23.4 Å². The third kappa shape index (κ3) is 4.01. The van der Waals surface area contributed by atoms with Crippen molar-refractivity contribution in [3.63, 3.8) is 0 Å². The predicted octanol–water partition coefficient (Wildman–Crippen LogP) is 3.27. The molecule has 2 unspecified atom stereocenters. The SMILES string of the molecule is CC(=O)C1=CCC(c2cc(NCC(O)c3ccccc3)ncn2)S1. The van der Waals surface area contributed by atoms with Gasteiger partial charge in [-0.3, -0.25) is 4.79 Å². The van der Waals surface area contributed by atoms with Crippen molar-refractivity contribution in [3.8, 4) is 0 Å². The number of benzene rings is 1. The van der Waals surface area contributed by atoms with Gasteiger partial charge in [0, 0.05) is 17.5 Å². The minimum Gasteiger partial charge on any atom is -0.387 e. The van der Waals surface area contributed by atoms with Gasteiger partial charge in [-0.25, -0.2) is 9.97 Å². The summed E-state index contributed by atoms with van der Waals surface area (Å²) in [6.07, 6.45) is 3.67. The number of aromatic nitrogens is 2. The van der Waals surface area contributed by atoms with E-state index in [0.29, 0.717) is 12.4 Å². The highest BCUT2D eigenvalue weighted by Crippen LogP contribution is 2.43. The maximum atomic E-state index is 11.4. The van der Waals surface area contributed by atoms with Gasteiger partial charge in [0.15, 0.2) is 5.78 Å². The van der Waals surface area contributed by atoms with Crippen LogP contribution in [0.15, 0.2) is 53.7 Å². The maximum absolute atomic E-state index is 11.4. The van der Waals surface area contributed by atoms with Crippen molar-refractivity contribution in [2.75, 3.05) is 11.9 Å². The van der Waals surface area contributed by atoms with Crippen LogP contribution in [0.2, 0.25) is 0 Å². The number of nitrogens with zero attached hydrogens (tertiary/aromatic N) is 2. The molecule has 0 fully saturated rings. The molecule has 0 saturated heterocycles. The van der Waals surface area contributed by atoms with Crippen LogP contribution in [0.25, 0.3) is 0 Å². The van der Waals surface area contributed by atoms with E-state index in [1.807, 2.05) is 42.5 Å². The normalized spacial score (nSPS) is 18.1. The minimum atomic E-state index is -0.601. The number of nitrogens with one attached hydrogen (secondary N) is 1. The van der Waals surface area contributed by atoms with Gasteiger partial charge < -0.3 is 10.4 Å². The van der Waals surface area contributed by atoms with E-state index >= 15 is 0 Å². The quantitative estimate of drug-likeness (QED) is 0.840. The summed E-state index contributed by atoms with van der Waals surface area (Å²) in [5, 5.41) is 13.5. The molecule has 0 spiro atoms. The van der Waals surface area contributed by atoms with Crippen molar-refractivity contribution in [3.05, 3.63) is 65.0 Å². The number of aliphatic hydroxyl groups is 1. The number of ketones is 1. The molecule has 2 N–H and O–H groups in total. The smallest absolute Gasteiger partial charge is 0.165 e. The largest absolute Gasteiger partial charge is 0.387 e. The maximum Gasteiger partial charge on any atom is 0.165 e. The zero-order valence-corrected chi connectivity index (χ0v) is 14.2. The van der Waals surface area contributed by atoms with Gasteiger partial charge in [0.25, 0.3) is 0 Å². The number of carbonyl (C=O) groups is 1. The van der Waals surface area contributed by atoms with Crippen LogP contribution in [0.5, 0.6) is 0 Å².